The van der Waals surface area contributed by atoms with Gasteiger partial charge in [0.15, 0.2) is 5.82 Å². The Morgan fingerprint density at radius 3 is 2.39 bits per heavy atom. The molecule has 1 amide bonds. The number of amides is 1. The molecule has 1 aliphatic rings. The number of anilines is 1. The zero-order chi connectivity index (χ0) is 13.1. The van der Waals surface area contributed by atoms with E-state index in [1.165, 1.54) is 12.8 Å². The van der Waals surface area contributed by atoms with Crippen LogP contribution in [0.1, 0.15) is 55.9 Å². The van der Waals surface area contributed by atoms with Crippen molar-refractivity contribution in [3.8, 4) is 0 Å². The van der Waals surface area contributed by atoms with Gasteiger partial charge in [0.1, 0.15) is 5.56 Å². The molecule has 5 heteroatoms. The van der Waals surface area contributed by atoms with Gasteiger partial charge in [0.05, 0.1) is 0 Å². The number of hydrogen-bond donors (Lipinski definition) is 1. The minimum atomic E-state index is 0.0290. The number of rotatable bonds is 2. The molecule has 0 bridgehead atoms. The van der Waals surface area contributed by atoms with Crippen molar-refractivity contribution < 1.29 is 4.79 Å². The Morgan fingerprint density at radius 1 is 1.28 bits per heavy atom. The number of likely N-dealkylation sites (tertiary alicyclic amines) is 1. The van der Waals surface area contributed by atoms with Gasteiger partial charge in [-0.1, -0.05) is 12.8 Å². The lowest BCUT2D eigenvalue weighted by Gasteiger charge is -2.19. The third-order valence-electron chi connectivity index (χ3n) is 3.41. The van der Waals surface area contributed by atoms with Crippen LogP contribution in [0.2, 0.25) is 0 Å². The summed E-state index contributed by atoms with van der Waals surface area (Å²) >= 11 is 0. The number of carbonyl (C=O) groups excluding carboxylic acids is 1. The number of nitrogens with two attached hydrogens (primary N) is 1. The Morgan fingerprint density at radius 2 is 1.89 bits per heavy atom. The van der Waals surface area contributed by atoms with Gasteiger partial charge in [0, 0.05) is 25.3 Å². The topological polar surface area (TPSA) is 64.2 Å². The first kappa shape index (κ1) is 12.9. The van der Waals surface area contributed by atoms with E-state index in [0.717, 1.165) is 25.9 Å². The first-order valence-electron chi connectivity index (χ1n) is 6.73. The van der Waals surface area contributed by atoms with E-state index < -0.39 is 0 Å². The van der Waals surface area contributed by atoms with Crippen molar-refractivity contribution in [2.75, 3.05) is 18.8 Å². The Labute approximate surface area is 108 Å². The summed E-state index contributed by atoms with van der Waals surface area (Å²) < 4.78 is 1.75. The summed E-state index contributed by atoms with van der Waals surface area (Å²) in [4.78, 5) is 14.3. The molecule has 0 atom stereocenters. The molecule has 0 unspecified atom stereocenters. The molecular weight excluding hydrogens is 228 g/mol. The fourth-order valence-electron chi connectivity index (χ4n) is 2.28. The quantitative estimate of drug-likeness (QED) is 0.873. The summed E-state index contributed by atoms with van der Waals surface area (Å²) in [5.41, 5.74) is 6.39. The first-order valence-corrected chi connectivity index (χ1v) is 6.73. The number of aromatic nitrogens is 2. The molecule has 0 aromatic carbocycles. The summed E-state index contributed by atoms with van der Waals surface area (Å²) in [5.74, 6) is 0.374. The average molecular weight is 250 g/mol. The van der Waals surface area contributed by atoms with E-state index in [4.69, 9.17) is 5.73 Å². The molecule has 1 aromatic rings. The third kappa shape index (κ3) is 2.66. The summed E-state index contributed by atoms with van der Waals surface area (Å²) in [6.07, 6.45) is 6.37. The van der Waals surface area contributed by atoms with Crippen LogP contribution in [0.5, 0.6) is 0 Å². The third-order valence-corrected chi connectivity index (χ3v) is 3.41. The van der Waals surface area contributed by atoms with Crippen LogP contribution in [0, 0.1) is 0 Å². The van der Waals surface area contributed by atoms with Crippen LogP contribution in [-0.2, 0) is 0 Å². The van der Waals surface area contributed by atoms with E-state index in [2.05, 4.69) is 5.10 Å². The lowest BCUT2D eigenvalue weighted by atomic mass is 10.2. The van der Waals surface area contributed by atoms with Gasteiger partial charge in [-0.25, -0.2) is 0 Å². The molecule has 18 heavy (non-hydrogen) atoms. The SMILES string of the molecule is CC(C)n1cc(C(=O)N2CCCCCC2)c(N)n1. The second kappa shape index (κ2) is 5.42. The maximum atomic E-state index is 12.4. The smallest absolute Gasteiger partial charge is 0.259 e. The van der Waals surface area contributed by atoms with Crippen LogP contribution in [-0.4, -0.2) is 33.7 Å². The Balaban J connectivity index is 2.16. The van der Waals surface area contributed by atoms with E-state index in [1.807, 2.05) is 18.7 Å². The maximum absolute atomic E-state index is 12.4. The van der Waals surface area contributed by atoms with Crippen molar-refractivity contribution >= 4 is 11.7 Å². The van der Waals surface area contributed by atoms with Gasteiger partial charge < -0.3 is 10.6 Å². The monoisotopic (exact) mass is 250 g/mol. The highest BCUT2D eigenvalue weighted by Gasteiger charge is 2.22. The van der Waals surface area contributed by atoms with Gasteiger partial charge >= 0.3 is 0 Å². The fraction of sp³-hybridized carbons (Fsp3) is 0.692. The maximum Gasteiger partial charge on any atom is 0.259 e. The van der Waals surface area contributed by atoms with Crippen molar-refractivity contribution in [3.05, 3.63) is 11.8 Å². The van der Waals surface area contributed by atoms with E-state index in [-0.39, 0.29) is 11.9 Å². The van der Waals surface area contributed by atoms with Gasteiger partial charge in [0.2, 0.25) is 0 Å². The summed E-state index contributed by atoms with van der Waals surface area (Å²) in [6.45, 7) is 5.72. The molecule has 1 aliphatic heterocycles. The van der Waals surface area contributed by atoms with Gasteiger partial charge in [-0.05, 0) is 26.7 Å². The zero-order valence-corrected chi connectivity index (χ0v) is 11.2. The van der Waals surface area contributed by atoms with E-state index in [0.29, 0.717) is 11.4 Å². The van der Waals surface area contributed by atoms with Crippen molar-refractivity contribution in [2.24, 2.45) is 0 Å². The van der Waals surface area contributed by atoms with Gasteiger partial charge in [-0.3, -0.25) is 9.48 Å². The molecular formula is C13H22N4O. The predicted molar refractivity (Wildman–Crippen MR) is 71.4 cm³/mol. The fourth-order valence-corrected chi connectivity index (χ4v) is 2.28. The number of nitrogens with zero attached hydrogens (tertiary/aromatic N) is 3. The number of hydrogen-bond acceptors (Lipinski definition) is 3. The van der Waals surface area contributed by atoms with E-state index >= 15 is 0 Å². The lowest BCUT2D eigenvalue weighted by molar-refractivity contribution is 0.0762. The van der Waals surface area contributed by atoms with Crippen LogP contribution >= 0.6 is 0 Å². The van der Waals surface area contributed by atoms with Gasteiger partial charge in [-0.15, -0.1) is 0 Å². The molecule has 1 fully saturated rings. The Bertz CT molecular complexity index is 417. The molecule has 1 saturated heterocycles. The molecule has 100 valence electrons. The average Bonchev–Trinajstić information content (AvgIpc) is 2.57. The van der Waals surface area contributed by atoms with Crippen molar-refractivity contribution in [2.45, 2.75) is 45.6 Å². The van der Waals surface area contributed by atoms with Crippen LogP contribution in [0.4, 0.5) is 5.82 Å². The molecule has 0 aliphatic carbocycles. The summed E-state index contributed by atoms with van der Waals surface area (Å²) in [6, 6.07) is 0.220. The van der Waals surface area contributed by atoms with Gasteiger partial charge in [0.25, 0.3) is 5.91 Å². The van der Waals surface area contributed by atoms with Crippen molar-refractivity contribution in [3.63, 3.8) is 0 Å². The highest BCUT2D eigenvalue weighted by molar-refractivity contribution is 5.98. The number of nitrogen functional groups attached to an aromatic ring is 1. The molecule has 2 rings (SSSR count). The van der Waals surface area contributed by atoms with Crippen LogP contribution < -0.4 is 5.73 Å². The Hall–Kier alpha value is -1.52. The zero-order valence-electron chi connectivity index (χ0n) is 11.2. The van der Waals surface area contributed by atoms with E-state index in [9.17, 15) is 4.79 Å². The Kier molecular flexibility index (Phi) is 3.89. The molecule has 2 N–H and O–H groups in total. The molecule has 5 nitrogen and oxygen atoms in total. The summed E-state index contributed by atoms with van der Waals surface area (Å²) in [5, 5.41) is 4.20. The largest absolute Gasteiger partial charge is 0.382 e. The molecule has 1 aromatic heterocycles. The highest BCUT2D eigenvalue weighted by Crippen LogP contribution is 2.18. The highest BCUT2D eigenvalue weighted by atomic mass is 16.2. The standard InChI is InChI=1S/C13H22N4O/c1-10(2)17-9-11(12(14)15-17)13(18)16-7-5-3-4-6-8-16/h9-10H,3-8H2,1-2H3,(H2,14,15). The molecule has 2 heterocycles. The predicted octanol–water partition coefficient (Wildman–Crippen LogP) is 2.06. The second-order valence-corrected chi connectivity index (χ2v) is 5.21. The summed E-state index contributed by atoms with van der Waals surface area (Å²) in [7, 11) is 0. The van der Waals surface area contributed by atoms with Crippen LogP contribution in [0.15, 0.2) is 6.20 Å². The van der Waals surface area contributed by atoms with Crippen LogP contribution in [0.25, 0.3) is 0 Å². The number of carbonyl (C=O) groups is 1. The van der Waals surface area contributed by atoms with E-state index in [1.54, 1.807) is 10.9 Å². The van der Waals surface area contributed by atoms with Gasteiger partial charge in [-0.2, -0.15) is 5.10 Å². The lowest BCUT2D eigenvalue weighted by Crippen LogP contribution is -2.32. The second-order valence-electron chi connectivity index (χ2n) is 5.21. The normalized spacial score (nSPS) is 16.9. The van der Waals surface area contributed by atoms with Crippen molar-refractivity contribution in [1.29, 1.82) is 0 Å². The molecule has 0 spiro atoms. The van der Waals surface area contributed by atoms with Crippen molar-refractivity contribution in [1.82, 2.24) is 14.7 Å². The van der Waals surface area contributed by atoms with Crippen LogP contribution in [0.3, 0.4) is 0 Å². The first-order chi connectivity index (χ1) is 8.59. The minimum absolute atomic E-state index is 0.0290. The molecule has 0 saturated carbocycles. The minimum Gasteiger partial charge on any atom is -0.382 e. The molecule has 0 radical (unpaired) electrons.